The van der Waals surface area contributed by atoms with Crippen LogP contribution in [0.25, 0.3) is 0 Å². The fourth-order valence-corrected chi connectivity index (χ4v) is 3.54. The molecule has 3 rings (SSSR count). The first-order valence-corrected chi connectivity index (χ1v) is 7.48. The molecule has 1 aromatic carbocycles. The third kappa shape index (κ3) is 2.93. The minimum absolute atomic E-state index is 0.354. The Hall–Kier alpha value is -1.06. The number of phenolic OH excluding ortho intramolecular Hbond substituents is 1. The van der Waals surface area contributed by atoms with E-state index < -0.39 is 0 Å². The van der Waals surface area contributed by atoms with Gasteiger partial charge in [0.1, 0.15) is 5.75 Å². The van der Waals surface area contributed by atoms with Crippen LogP contribution in [0.3, 0.4) is 0 Å². The molecule has 0 bridgehead atoms. The van der Waals surface area contributed by atoms with Crippen LogP contribution in [0.2, 0.25) is 0 Å². The zero-order valence-electron chi connectivity index (χ0n) is 11.7. The number of piperidine rings is 1. The molecule has 3 atom stereocenters. The van der Waals surface area contributed by atoms with Crippen LogP contribution >= 0.6 is 0 Å². The van der Waals surface area contributed by atoms with Gasteiger partial charge in [-0.1, -0.05) is 12.1 Å². The van der Waals surface area contributed by atoms with Crippen molar-refractivity contribution in [3.05, 3.63) is 29.8 Å². The van der Waals surface area contributed by atoms with Crippen LogP contribution in [0.4, 0.5) is 0 Å². The summed E-state index contributed by atoms with van der Waals surface area (Å²) in [6.45, 7) is 5.96. The van der Waals surface area contributed by atoms with Gasteiger partial charge in [-0.2, -0.15) is 0 Å². The van der Waals surface area contributed by atoms with Gasteiger partial charge >= 0.3 is 0 Å². The molecule has 3 unspecified atom stereocenters. The van der Waals surface area contributed by atoms with Crippen LogP contribution in [0, 0.1) is 5.92 Å². The number of phenols is 1. The van der Waals surface area contributed by atoms with E-state index in [9.17, 15) is 5.11 Å². The maximum atomic E-state index is 9.32. The molecule has 2 N–H and O–H groups in total. The summed E-state index contributed by atoms with van der Waals surface area (Å²) in [5.74, 6) is 1.21. The van der Waals surface area contributed by atoms with E-state index in [1.165, 1.54) is 38.0 Å². The van der Waals surface area contributed by atoms with Crippen LogP contribution in [0.1, 0.15) is 25.3 Å². The van der Waals surface area contributed by atoms with E-state index in [0.29, 0.717) is 11.8 Å². The summed E-state index contributed by atoms with van der Waals surface area (Å²) < 4.78 is 0. The number of rotatable bonds is 3. The third-order valence-electron chi connectivity index (χ3n) is 4.72. The Balaban J connectivity index is 1.58. The molecule has 104 valence electrons. The molecule has 2 aliphatic heterocycles. The summed E-state index contributed by atoms with van der Waals surface area (Å²) in [6.07, 6.45) is 3.79. The van der Waals surface area contributed by atoms with Crippen LogP contribution < -0.4 is 5.32 Å². The Labute approximate surface area is 115 Å². The van der Waals surface area contributed by atoms with E-state index in [0.717, 1.165) is 18.4 Å². The Kier molecular flexibility index (Phi) is 3.76. The average molecular weight is 260 g/mol. The molecule has 1 aromatic rings. The first-order chi connectivity index (χ1) is 9.22. The lowest BCUT2D eigenvalue weighted by molar-refractivity contribution is 0.246. The Morgan fingerprint density at radius 3 is 2.84 bits per heavy atom. The largest absolute Gasteiger partial charge is 0.508 e. The zero-order valence-corrected chi connectivity index (χ0v) is 11.7. The second kappa shape index (κ2) is 5.51. The number of benzene rings is 1. The highest BCUT2D eigenvalue weighted by Gasteiger charge is 2.35. The molecule has 0 aromatic heterocycles. The third-order valence-corrected chi connectivity index (χ3v) is 4.72. The van der Waals surface area contributed by atoms with Crippen molar-refractivity contribution in [1.82, 2.24) is 10.2 Å². The van der Waals surface area contributed by atoms with E-state index in [1.54, 1.807) is 12.1 Å². The predicted octanol–water partition coefficient (Wildman–Crippen LogP) is 2.01. The van der Waals surface area contributed by atoms with Crippen molar-refractivity contribution in [3.8, 4) is 5.75 Å². The second-order valence-electron chi connectivity index (χ2n) is 6.14. The zero-order chi connectivity index (χ0) is 13.2. The average Bonchev–Trinajstić information content (AvgIpc) is 2.85. The predicted molar refractivity (Wildman–Crippen MR) is 77.4 cm³/mol. The molecular formula is C16H24N2O. The van der Waals surface area contributed by atoms with E-state index in [2.05, 4.69) is 17.1 Å². The van der Waals surface area contributed by atoms with Gasteiger partial charge in [-0.3, -0.25) is 4.90 Å². The van der Waals surface area contributed by atoms with Gasteiger partial charge in [0.25, 0.3) is 0 Å². The number of nitrogens with zero attached hydrogens (tertiary/aromatic N) is 1. The number of hydrogen-bond acceptors (Lipinski definition) is 3. The van der Waals surface area contributed by atoms with Crippen LogP contribution in [-0.2, 0) is 6.42 Å². The van der Waals surface area contributed by atoms with Gasteiger partial charge in [0.15, 0.2) is 0 Å². The van der Waals surface area contributed by atoms with Crippen molar-refractivity contribution in [2.45, 2.75) is 38.3 Å². The van der Waals surface area contributed by atoms with Gasteiger partial charge < -0.3 is 10.4 Å². The molecule has 0 radical (unpaired) electrons. The molecule has 3 nitrogen and oxygen atoms in total. The molecule has 0 aliphatic carbocycles. The minimum Gasteiger partial charge on any atom is -0.508 e. The Bertz CT molecular complexity index is 403. The van der Waals surface area contributed by atoms with Crippen molar-refractivity contribution in [1.29, 1.82) is 0 Å². The van der Waals surface area contributed by atoms with Crippen molar-refractivity contribution in [2.24, 2.45) is 5.92 Å². The van der Waals surface area contributed by atoms with Crippen LogP contribution in [0.15, 0.2) is 24.3 Å². The topological polar surface area (TPSA) is 35.5 Å². The van der Waals surface area contributed by atoms with E-state index >= 15 is 0 Å². The Morgan fingerprint density at radius 2 is 2.11 bits per heavy atom. The monoisotopic (exact) mass is 260 g/mol. The van der Waals surface area contributed by atoms with Gasteiger partial charge in [-0.15, -0.1) is 0 Å². The summed E-state index contributed by atoms with van der Waals surface area (Å²) in [4.78, 5) is 2.63. The molecule has 0 spiro atoms. The molecule has 2 saturated heterocycles. The smallest absolute Gasteiger partial charge is 0.115 e. The summed E-state index contributed by atoms with van der Waals surface area (Å²) in [6, 6.07) is 8.94. The number of likely N-dealkylation sites (tertiary alicyclic amines) is 1. The maximum Gasteiger partial charge on any atom is 0.115 e. The highest BCUT2D eigenvalue weighted by Crippen LogP contribution is 2.27. The normalized spacial score (nSPS) is 29.1. The lowest BCUT2D eigenvalue weighted by atomic mass is 9.94. The van der Waals surface area contributed by atoms with Gasteiger partial charge in [-0.05, 0) is 56.3 Å². The first kappa shape index (κ1) is 12.9. The van der Waals surface area contributed by atoms with Gasteiger partial charge in [-0.25, -0.2) is 0 Å². The quantitative estimate of drug-likeness (QED) is 0.872. The Morgan fingerprint density at radius 1 is 1.32 bits per heavy atom. The molecule has 0 amide bonds. The van der Waals surface area contributed by atoms with Crippen LogP contribution in [0.5, 0.6) is 5.75 Å². The van der Waals surface area contributed by atoms with Crippen molar-refractivity contribution >= 4 is 0 Å². The molecule has 2 fully saturated rings. The lowest BCUT2D eigenvalue weighted by Crippen LogP contribution is -2.41. The van der Waals surface area contributed by atoms with Crippen molar-refractivity contribution < 1.29 is 5.11 Å². The van der Waals surface area contributed by atoms with E-state index in [-0.39, 0.29) is 0 Å². The van der Waals surface area contributed by atoms with Crippen molar-refractivity contribution in [3.63, 3.8) is 0 Å². The second-order valence-corrected chi connectivity index (χ2v) is 6.14. The molecule has 0 saturated carbocycles. The van der Waals surface area contributed by atoms with E-state index in [4.69, 9.17) is 0 Å². The molecule has 3 heteroatoms. The highest BCUT2D eigenvalue weighted by molar-refractivity contribution is 5.26. The van der Waals surface area contributed by atoms with Gasteiger partial charge in [0.05, 0.1) is 0 Å². The first-order valence-electron chi connectivity index (χ1n) is 7.48. The fraction of sp³-hybridized carbons (Fsp3) is 0.625. The summed E-state index contributed by atoms with van der Waals surface area (Å²) in [7, 11) is 0. The van der Waals surface area contributed by atoms with Gasteiger partial charge in [0, 0.05) is 25.2 Å². The van der Waals surface area contributed by atoms with Gasteiger partial charge in [0.2, 0.25) is 0 Å². The summed E-state index contributed by atoms with van der Waals surface area (Å²) >= 11 is 0. The highest BCUT2D eigenvalue weighted by atomic mass is 16.3. The summed E-state index contributed by atoms with van der Waals surface area (Å²) in [5, 5.41) is 13.0. The number of nitrogens with one attached hydrogen (secondary N) is 1. The summed E-state index contributed by atoms with van der Waals surface area (Å²) in [5.41, 5.74) is 1.31. The molecule has 2 heterocycles. The molecular weight excluding hydrogens is 236 g/mol. The number of aromatic hydroxyl groups is 1. The lowest BCUT2D eigenvalue weighted by Gasteiger charge is -2.25. The fourth-order valence-electron chi connectivity index (χ4n) is 3.54. The SMILES string of the molecule is CC(Cc1ccc(O)cc1)N1CC2CCCNC2C1. The minimum atomic E-state index is 0.354. The number of hydrogen-bond donors (Lipinski definition) is 2. The standard InChI is InChI=1S/C16H24N2O/c1-12(9-13-4-6-15(19)7-5-13)18-10-14-3-2-8-17-16(14)11-18/h4-7,12,14,16-17,19H,2-3,8-11H2,1H3. The molecule has 19 heavy (non-hydrogen) atoms. The maximum absolute atomic E-state index is 9.32. The van der Waals surface area contributed by atoms with E-state index in [1.807, 2.05) is 12.1 Å². The van der Waals surface area contributed by atoms with Crippen LogP contribution in [-0.4, -0.2) is 41.7 Å². The van der Waals surface area contributed by atoms with Crippen molar-refractivity contribution in [2.75, 3.05) is 19.6 Å². The molecule has 2 aliphatic rings. The number of fused-ring (bicyclic) bond motifs is 1.